The highest BCUT2D eigenvalue weighted by molar-refractivity contribution is 5.76. The zero-order valence-corrected chi connectivity index (χ0v) is 12.6. The van der Waals surface area contributed by atoms with Crippen molar-refractivity contribution < 1.29 is 14.7 Å². The third kappa shape index (κ3) is 9.47. The van der Waals surface area contributed by atoms with Crippen molar-refractivity contribution in [3.63, 3.8) is 0 Å². The van der Waals surface area contributed by atoms with E-state index in [-0.39, 0.29) is 18.4 Å². The van der Waals surface area contributed by atoms with Gasteiger partial charge in [0.2, 0.25) is 5.91 Å². The van der Waals surface area contributed by atoms with E-state index in [9.17, 15) is 9.59 Å². The molecule has 0 saturated carbocycles. The minimum atomic E-state index is -0.808. The van der Waals surface area contributed by atoms with Crippen molar-refractivity contribution in [3.8, 4) is 0 Å². The SMILES string of the molecule is CC(C)NCCCC(=O)N(CCCC(=O)O)C(C)C. The number of amides is 1. The fourth-order valence-electron chi connectivity index (χ4n) is 1.85. The van der Waals surface area contributed by atoms with Crippen molar-refractivity contribution in [2.24, 2.45) is 0 Å². The first-order chi connectivity index (χ1) is 8.84. The second kappa shape index (κ2) is 9.78. The van der Waals surface area contributed by atoms with Gasteiger partial charge in [0.15, 0.2) is 0 Å². The minimum Gasteiger partial charge on any atom is -0.481 e. The topological polar surface area (TPSA) is 69.6 Å². The minimum absolute atomic E-state index is 0.116. The van der Waals surface area contributed by atoms with Crippen LogP contribution >= 0.6 is 0 Å². The Kier molecular flexibility index (Phi) is 9.21. The highest BCUT2D eigenvalue weighted by Crippen LogP contribution is 2.06. The van der Waals surface area contributed by atoms with E-state index in [0.717, 1.165) is 13.0 Å². The summed E-state index contributed by atoms with van der Waals surface area (Å²) in [4.78, 5) is 24.3. The van der Waals surface area contributed by atoms with Gasteiger partial charge in [0, 0.05) is 31.5 Å². The molecule has 0 spiro atoms. The van der Waals surface area contributed by atoms with Gasteiger partial charge in [-0.1, -0.05) is 13.8 Å². The van der Waals surface area contributed by atoms with Gasteiger partial charge >= 0.3 is 5.97 Å². The van der Waals surface area contributed by atoms with Crippen LogP contribution in [-0.4, -0.2) is 47.1 Å². The van der Waals surface area contributed by atoms with E-state index < -0.39 is 5.97 Å². The van der Waals surface area contributed by atoms with Gasteiger partial charge in [-0.05, 0) is 33.2 Å². The van der Waals surface area contributed by atoms with Crippen LogP contribution in [0, 0.1) is 0 Å². The number of hydrogen-bond acceptors (Lipinski definition) is 3. The number of aliphatic carboxylic acids is 1. The lowest BCUT2D eigenvalue weighted by atomic mass is 10.2. The van der Waals surface area contributed by atoms with Gasteiger partial charge in [-0.3, -0.25) is 9.59 Å². The maximum atomic E-state index is 12.1. The smallest absolute Gasteiger partial charge is 0.303 e. The molecule has 0 aliphatic rings. The Morgan fingerprint density at radius 3 is 2.21 bits per heavy atom. The van der Waals surface area contributed by atoms with Gasteiger partial charge < -0.3 is 15.3 Å². The van der Waals surface area contributed by atoms with E-state index in [1.807, 2.05) is 13.8 Å². The molecule has 0 aromatic carbocycles. The molecule has 19 heavy (non-hydrogen) atoms. The zero-order valence-electron chi connectivity index (χ0n) is 12.6. The van der Waals surface area contributed by atoms with E-state index in [0.29, 0.717) is 25.4 Å². The molecule has 0 aromatic rings. The molecule has 0 atom stereocenters. The average Bonchev–Trinajstić information content (AvgIpc) is 2.28. The molecule has 5 heteroatoms. The van der Waals surface area contributed by atoms with Crippen molar-refractivity contribution >= 4 is 11.9 Å². The maximum Gasteiger partial charge on any atom is 0.303 e. The normalized spacial score (nSPS) is 11.1. The molecule has 112 valence electrons. The van der Waals surface area contributed by atoms with Crippen molar-refractivity contribution in [2.45, 2.75) is 65.5 Å². The molecule has 0 heterocycles. The predicted molar refractivity (Wildman–Crippen MR) is 76.1 cm³/mol. The largest absolute Gasteiger partial charge is 0.481 e. The van der Waals surface area contributed by atoms with E-state index in [4.69, 9.17) is 5.11 Å². The van der Waals surface area contributed by atoms with E-state index >= 15 is 0 Å². The van der Waals surface area contributed by atoms with Crippen LogP contribution < -0.4 is 5.32 Å². The summed E-state index contributed by atoms with van der Waals surface area (Å²) in [5.74, 6) is -0.691. The quantitative estimate of drug-likeness (QED) is 0.596. The van der Waals surface area contributed by atoms with Crippen molar-refractivity contribution in [2.75, 3.05) is 13.1 Å². The number of nitrogens with one attached hydrogen (secondary N) is 1. The number of rotatable bonds is 10. The predicted octanol–water partition coefficient (Wildman–Crippen LogP) is 1.87. The summed E-state index contributed by atoms with van der Waals surface area (Å²) in [5.41, 5.74) is 0. The maximum absolute atomic E-state index is 12.1. The molecule has 5 nitrogen and oxygen atoms in total. The van der Waals surface area contributed by atoms with Gasteiger partial charge in [0.05, 0.1) is 0 Å². The fourth-order valence-corrected chi connectivity index (χ4v) is 1.85. The van der Waals surface area contributed by atoms with Gasteiger partial charge in [-0.15, -0.1) is 0 Å². The molecule has 0 radical (unpaired) electrons. The molecule has 1 amide bonds. The lowest BCUT2D eigenvalue weighted by molar-refractivity contribution is -0.138. The van der Waals surface area contributed by atoms with E-state index in [2.05, 4.69) is 19.2 Å². The highest BCUT2D eigenvalue weighted by atomic mass is 16.4. The lowest BCUT2D eigenvalue weighted by Crippen LogP contribution is -2.38. The van der Waals surface area contributed by atoms with Crippen molar-refractivity contribution in [1.29, 1.82) is 0 Å². The fraction of sp³-hybridized carbons (Fsp3) is 0.857. The molecule has 0 aromatic heterocycles. The first-order valence-electron chi connectivity index (χ1n) is 7.09. The van der Waals surface area contributed by atoms with Crippen LogP contribution in [0.25, 0.3) is 0 Å². The molecular formula is C14H28N2O3. The van der Waals surface area contributed by atoms with Gasteiger partial charge in [0.25, 0.3) is 0 Å². The van der Waals surface area contributed by atoms with Crippen molar-refractivity contribution in [3.05, 3.63) is 0 Å². The second-order valence-electron chi connectivity index (χ2n) is 5.39. The lowest BCUT2D eigenvalue weighted by Gasteiger charge is -2.26. The second-order valence-corrected chi connectivity index (χ2v) is 5.39. The Balaban J connectivity index is 4.01. The Labute approximate surface area is 116 Å². The molecule has 0 aliphatic carbocycles. The van der Waals surface area contributed by atoms with E-state index in [1.165, 1.54) is 0 Å². The van der Waals surface area contributed by atoms with Crippen molar-refractivity contribution in [1.82, 2.24) is 10.2 Å². The Bertz CT molecular complexity index is 278. The molecule has 0 unspecified atom stereocenters. The first-order valence-corrected chi connectivity index (χ1v) is 7.09. The van der Waals surface area contributed by atoms with Crippen LogP contribution in [0.15, 0.2) is 0 Å². The molecule has 0 aliphatic heterocycles. The monoisotopic (exact) mass is 272 g/mol. The number of nitrogens with zero attached hydrogens (tertiary/aromatic N) is 1. The number of carboxylic acid groups (broad SMARTS) is 1. The summed E-state index contributed by atoms with van der Waals surface area (Å²) in [6.45, 7) is 9.45. The summed E-state index contributed by atoms with van der Waals surface area (Å²) >= 11 is 0. The molecule has 0 saturated heterocycles. The van der Waals surface area contributed by atoms with Gasteiger partial charge in [-0.25, -0.2) is 0 Å². The Hall–Kier alpha value is -1.10. The standard InChI is InChI=1S/C14H28N2O3/c1-11(2)15-9-5-7-13(17)16(12(3)4)10-6-8-14(18)19/h11-12,15H,5-10H2,1-4H3,(H,18,19). The molecular weight excluding hydrogens is 244 g/mol. The van der Waals surface area contributed by atoms with Gasteiger partial charge in [0.1, 0.15) is 0 Å². The van der Waals surface area contributed by atoms with Crippen LogP contribution in [0.1, 0.15) is 53.4 Å². The van der Waals surface area contributed by atoms with Crippen LogP contribution in [0.5, 0.6) is 0 Å². The third-order valence-electron chi connectivity index (χ3n) is 2.85. The summed E-state index contributed by atoms with van der Waals surface area (Å²) in [7, 11) is 0. The zero-order chi connectivity index (χ0) is 14.8. The first kappa shape index (κ1) is 17.9. The number of carbonyl (C=O) groups is 2. The molecule has 0 fully saturated rings. The van der Waals surface area contributed by atoms with Crippen LogP contribution in [0.3, 0.4) is 0 Å². The van der Waals surface area contributed by atoms with E-state index in [1.54, 1.807) is 4.90 Å². The summed E-state index contributed by atoms with van der Waals surface area (Å²) in [5, 5.41) is 11.9. The highest BCUT2D eigenvalue weighted by Gasteiger charge is 2.16. The molecule has 0 bridgehead atoms. The number of carbonyl (C=O) groups excluding carboxylic acids is 1. The Morgan fingerprint density at radius 2 is 1.74 bits per heavy atom. The van der Waals surface area contributed by atoms with Gasteiger partial charge in [-0.2, -0.15) is 0 Å². The van der Waals surface area contributed by atoms with Crippen LogP contribution in [-0.2, 0) is 9.59 Å². The Morgan fingerprint density at radius 1 is 1.11 bits per heavy atom. The molecule has 0 rings (SSSR count). The number of carboxylic acids is 1. The average molecular weight is 272 g/mol. The third-order valence-corrected chi connectivity index (χ3v) is 2.85. The van der Waals surface area contributed by atoms with Crippen LogP contribution in [0.4, 0.5) is 0 Å². The molecule has 2 N–H and O–H groups in total. The van der Waals surface area contributed by atoms with Crippen LogP contribution in [0.2, 0.25) is 0 Å². The summed E-state index contributed by atoms with van der Waals surface area (Å²) < 4.78 is 0. The number of hydrogen-bond donors (Lipinski definition) is 2. The summed E-state index contributed by atoms with van der Waals surface area (Å²) in [6, 6.07) is 0.561. The summed E-state index contributed by atoms with van der Waals surface area (Å²) in [6.07, 6.45) is 1.97.